The zero-order chi connectivity index (χ0) is 15.5. The zero-order valence-corrected chi connectivity index (χ0v) is 13.4. The van der Waals surface area contributed by atoms with Crippen LogP contribution in [0.25, 0.3) is 0 Å². The third-order valence-corrected chi connectivity index (χ3v) is 5.10. The number of ether oxygens (including phenoxy) is 2. The quantitative estimate of drug-likeness (QED) is 0.801. The first kappa shape index (κ1) is 16.4. The number of hydrogen-bond acceptors (Lipinski definition) is 6. The molecule has 21 heavy (non-hydrogen) atoms. The van der Waals surface area contributed by atoms with Gasteiger partial charge in [0.1, 0.15) is 16.3 Å². The molecule has 0 spiro atoms. The van der Waals surface area contributed by atoms with Crippen LogP contribution in [0.1, 0.15) is 6.42 Å². The third kappa shape index (κ3) is 3.64. The molecule has 7 nitrogen and oxygen atoms in total. The molecule has 0 amide bonds. The molecule has 118 valence electrons. The van der Waals surface area contributed by atoms with Gasteiger partial charge in [-0.3, -0.25) is 0 Å². The molecule has 1 aliphatic rings. The number of rotatable bonds is 6. The van der Waals surface area contributed by atoms with Crippen molar-refractivity contribution >= 4 is 27.4 Å². The van der Waals surface area contributed by atoms with Crippen LogP contribution >= 0.6 is 11.6 Å². The van der Waals surface area contributed by atoms with Crippen LogP contribution in [0, 0.1) is 0 Å². The topological polar surface area (TPSA) is 89.6 Å². The van der Waals surface area contributed by atoms with E-state index in [1.165, 1.54) is 12.3 Å². The van der Waals surface area contributed by atoms with Gasteiger partial charge in [-0.25, -0.2) is 18.1 Å². The highest BCUT2D eigenvalue weighted by Crippen LogP contribution is 2.24. The fourth-order valence-corrected chi connectivity index (χ4v) is 3.43. The van der Waals surface area contributed by atoms with Gasteiger partial charge in [-0.05, 0) is 6.07 Å². The molecule has 1 aromatic rings. The number of hydrogen-bond donors (Lipinski definition) is 2. The Bertz CT molecular complexity index is 603. The molecule has 0 saturated carbocycles. The second kappa shape index (κ2) is 6.45. The summed E-state index contributed by atoms with van der Waals surface area (Å²) in [6.45, 7) is 1.06. The Balaban J connectivity index is 2.13. The lowest BCUT2D eigenvalue weighted by molar-refractivity contribution is -0.0120. The van der Waals surface area contributed by atoms with Crippen LogP contribution in [0.5, 0.6) is 0 Å². The maximum Gasteiger partial charge on any atom is 0.242 e. The van der Waals surface area contributed by atoms with Crippen molar-refractivity contribution in [2.75, 3.05) is 39.2 Å². The molecule has 0 aliphatic carbocycles. The minimum Gasteiger partial charge on any atom is -0.378 e. The van der Waals surface area contributed by atoms with E-state index in [-0.39, 0.29) is 16.5 Å². The summed E-state index contributed by atoms with van der Waals surface area (Å²) in [6, 6.07) is 1.35. The number of aromatic nitrogens is 1. The first-order chi connectivity index (χ1) is 9.92. The summed E-state index contributed by atoms with van der Waals surface area (Å²) in [5, 5.41) is 3.01. The SMILES string of the molecule is CNc1ncc(S(=O)(=O)NCC2(OC)CCOC2)cc1Cl. The van der Waals surface area contributed by atoms with Crippen LogP contribution in [-0.4, -0.2) is 52.9 Å². The summed E-state index contributed by atoms with van der Waals surface area (Å²) in [5.74, 6) is 0.424. The van der Waals surface area contributed by atoms with E-state index in [0.717, 1.165) is 0 Å². The lowest BCUT2D eigenvalue weighted by atomic mass is 10.0. The van der Waals surface area contributed by atoms with E-state index in [0.29, 0.717) is 25.5 Å². The Morgan fingerprint density at radius 3 is 2.86 bits per heavy atom. The monoisotopic (exact) mass is 335 g/mol. The van der Waals surface area contributed by atoms with Gasteiger partial charge in [0.2, 0.25) is 10.0 Å². The zero-order valence-electron chi connectivity index (χ0n) is 11.8. The molecule has 2 heterocycles. The van der Waals surface area contributed by atoms with Gasteiger partial charge in [0.25, 0.3) is 0 Å². The molecule has 0 bridgehead atoms. The number of halogens is 1. The Labute approximate surface area is 129 Å². The number of anilines is 1. The highest BCUT2D eigenvalue weighted by atomic mass is 35.5. The van der Waals surface area contributed by atoms with Gasteiger partial charge in [0, 0.05) is 39.9 Å². The van der Waals surface area contributed by atoms with Gasteiger partial charge in [-0.15, -0.1) is 0 Å². The normalized spacial score (nSPS) is 22.4. The lowest BCUT2D eigenvalue weighted by Crippen LogP contribution is -2.44. The van der Waals surface area contributed by atoms with Crippen molar-refractivity contribution in [1.29, 1.82) is 0 Å². The summed E-state index contributed by atoms with van der Waals surface area (Å²) in [6.07, 6.45) is 1.90. The molecule has 1 unspecified atom stereocenters. The standard InChI is InChI=1S/C12H18ClN3O4S/c1-14-11-10(13)5-9(6-15-11)21(17,18)16-7-12(19-2)3-4-20-8-12/h5-6,16H,3-4,7-8H2,1-2H3,(H,14,15). The molecule has 1 saturated heterocycles. The Kier molecular flexibility index (Phi) is 5.05. The van der Waals surface area contributed by atoms with Gasteiger partial charge in [0.05, 0.1) is 11.6 Å². The predicted octanol–water partition coefficient (Wildman–Crippen LogP) is 0.860. The van der Waals surface area contributed by atoms with Gasteiger partial charge in [-0.2, -0.15) is 0 Å². The van der Waals surface area contributed by atoms with Gasteiger partial charge < -0.3 is 14.8 Å². The third-order valence-electron chi connectivity index (χ3n) is 3.45. The van der Waals surface area contributed by atoms with E-state index in [9.17, 15) is 8.42 Å². The summed E-state index contributed by atoms with van der Waals surface area (Å²) in [7, 11) is -0.503. The average molecular weight is 336 g/mol. The number of pyridine rings is 1. The van der Waals surface area contributed by atoms with Gasteiger partial charge >= 0.3 is 0 Å². The highest BCUT2D eigenvalue weighted by molar-refractivity contribution is 7.89. The fraction of sp³-hybridized carbons (Fsp3) is 0.583. The van der Waals surface area contributed by atoms with Crippen LogP contribution in [-0.2, 0) is 19.5 Å². The minimum atomic E-state index is -3.70. The molecule has 1 aromatic heterocycles. The lowest BCUT2D eigenvalue weighted by Gasteiger charge is -2.25. The number of methoxy groups -OCH3 is 1. The van der Waals surface area contributed by atoms with Crippen LogP contribution in [0.3, 0.4) is 0 Å². The molecule has 0 radical (unpaired) electrons. The summed E-state index contributed by atoms with van der Waals surface area (Å²) in [4.78, 5) is 3.97. The largest absolute Gasteiger partial charge is 0.378 e. The number of sulfonamides is 1. The second-order valence-electron chi connectivity index (χ2n) is 4.77. The molecule has 2 rings (SSSR count). The van der Waals surface area contributed by atoms with Crippen molar-refractivity contribution in [3.05, 3.63) is 17.3 Å². The molecule has 0 aromatic carbocycles. The van der Waals surface area contributed by atoms with Crippen molar-refractivity contribution < 1.29 is 17.9 Å². The summed E-state index contributed by atoms with van der Waals surface area (Å²) in [5.41, 5.74) is -0.616. The van der Waals surface area contributed by atoms with Gasteiger partial charge in [0.15, 0.2) is 0 Å². The molecule has 2 N–H and O–H groups in total. The van der Waals surface area contributed by atoms with Crippen LogP contribution in [0.2, 0.25) is 5.02 Å². The second-order valence-corrected chi connectivity index (χ2v) is 6.94. The smallest absolute Gasteiger partial charge is 0.242 e. The Morgan fingerprint density at radius 2 is 2.33 bits per heavy atom. The van der Waals surface area contributed by atoms with Crippen molar-refractivity contribution in [2.45, 2.75) is 16.9 Å². The van der Waals surface area contributed by atoms with Crippen molar-refractivity contribution in [2.24, 2.45) is 0 Å². The maximum absolute atomic E-state index is 12.3. The Hall–Kier alpha value is -0.930. The van der Waals surface area contributed by atoms with Crippen LogP contribution in [0.15, 0.2) is 17.2 Å². The Morgan fingerprint density at radius 1 is 1.57 bits per heavy atom. The average Bonchev–Trinajstić information content (AvgIpc) is 2.95. The van der Waals surface area contributed by atoms with E-state index in [1.54, 1.807) is 14.2 Å². The molecular weight excluding hydrogens is 318 g/mol. The number of nitrogens with one attached hydrogen (secondary N) is 2. The van der Waals surface area contributed by atoms with E-state index < -0.39 is 15.6 Å². The number of nitrogens with zero attached hydrogens (tertiary/aromatic N) is 1. The van der Waals surface area contributed by atoms with E-state index >= 15 is 0 Å². The molecule has 9 heteroatoms. The molecule has 1 aliphatic heterocycles. The van der Waals surface area contributed by atoms with Crippen molar-refractivity contribution in [3.8, 4) is 0 Å². The van der Waals surface area contributed by atoms with E-state index in [2.05, 4.69) is 15.0 Å². The van der Waals surface area contributed by atoms with Crippen LogP contribution < -0.4 is 10.0 Å². The maximum atomic E-state index is 12.3. The molecular formula is C12H18ClN3O4S. The summed E-state index contributed by atoms with van der Waals surface area (Å²) >= 11 is 5.96. The van der Waals surface area contributed by atoms with E-state index in [4.69, 9.17) is 21.1 Å². The first-order valence-electron chi connectivity index (χ1n) is 6.38. The van der Waals surface area contributed by atoms with Crippen LogP contribution in [0.4, 0.5) is 5.82 Å². The highest BCUT2D eigenvalue weighted by Gasteiger charge is 2.36. The van der Waals surface area contributed by atoms with Crippen molar-refractivity contribution in [3.63, 3.8) is 0 Å². The van der Waals surface area contributed by atoms with Gasteiger partial charge in [-0.1, -0.05) is 11.6 Å². The van der Waals surface area contributed by atoms with E-state index in [1.807, 2.05) is 0 Å². The first-order valence-corrected chi connectivity index (χ1v) is 8.24. The molecule has 1 atom stereocenters. The predicted molar refractivity (Wildman–Crippen MR) is 79.2 cm³/mol. The summed E-state index contributed by atoms with van der Waals surface area (Å²) < 4.78 is 37.7. The molecule has 1 fully saturated rings. The van der Waals surface area contributed by atoms with Crippen molar-refractivity contribution in [1.82, 2.24) is 9.71 Å². The fourth-order valence-electron chi connectivity index (χ4n) is 2.02. The minimum absolute atomic E-state index is 0.0108.